The van der Waals surface area contributed by atoms with Crippen LogP contribution in [0.2, 0.25) is 54.4 Å². The summed E-state index contributed by atoms with van der Waals surface area (Å²) in [7, 11) is -5.93. The fourth-order valence-electron chi connectivity index (χ4n) is 2.73. The van der Waals surface area contributed by atoms with E-state index in [4.69, 9.17) is 18.0 Å². The first kappa shape index (κ1) is 33.1. The van der Waals surface area contributed by atoms with E-state index in [-0.39, 0.29) is 15.1 Å². The van der Waals surface area contributed by atoms with Crippen LogP contribution in [0, 0.1) is 11.5 Å². The zero-order valence-electron chi connectivity index (χ0n) is 25.9. The Bertz CT molecular complexity index is 879. The summed E-state index contributed by atoms with van der Waals surface area (Å²) >= 11 is 0. The van der Waals surface area contributed by atoms with Gasteiger partial charge >= 0.3 is 0 Å². The van der Waals surface area contributed by atoms with Crippen molar-refractivity contribution in [3.63, 3.8) is 0 Å². The van der Waals surface area contributed by atoms with Crippen LogP contribution in [0.3, 0.4) is 0 Å². The summed E-state index contributed by atoms with van der Waals surface area (Å²) < 4.78 is 25.2. The Labute approximate surface area is 225 Å². The summed E-state index contributed by atoms with van der Waals surface area (Å²) in [5, 5.41) is 9.79. The SMILES string of the molecule is CC(C)(C)[Si](C)(C)OCc1cc(CO[Si](C)(C)C(C)(C)C)c(OC#N)c(CO[Si](C)(C)C(C)(C)C)c1. The highest BCUT2D eigenvalue weighted by atomic mass is 28.4. The zero-order valence-corrected chi connectivity index (χ0v) is 28.9. The summed E-state index contributed by atoms with van der Waals surface area (Å²) in [5.41, 5.74) is 2.82. The van der Waals surface area contributed by atoms with Gasteiger partial charge in [-0.3, -0.25) is 0 Å². The van der Waals surface area contributed by atoms with Gasteiger partial charge in [0.2, 0.25) is 0 Å². The number of nitriles is 1. The highest BCUT2D eigenvalue weighted by Crippen LogP contribution is 2.41. The molecule has 0 saturated carbocycles. The Morgan fingerprint density at radius 3 is 1.19 bits per heavy atom. The third-order valence-corrected chi connectivity index (χ3v) is 22.1. The van der Waals surface area contributed by atoms with Gasteiger partial charge in [0.05, 0.1) is 19.8 Å². The van der Waals surface area contributed by atoms with Gasteiger partial charge in [-0.05, 0) is 72.1 Å². The molecule has 0 fully saturated rings. The maximum atomic E-state index is 9.50. The largest absolute Gasteiger partial charge is 0.413 e. The third kappa shape index (κ3) is 8.54. The monoisotopic (exact) mass is 551 g/mol. The quantitative estimate of drug-likeness (QED) is 0.214. The summed E-state index contributed by atoms with van der Waals surface area (Å²) in [4.78, 5) is 0. The molecule has 8 heteroatoms. The van der Waals surface area contributed by atoms with Crippen LogP contribution in [-0.2, 0) is 33.1 Å². The molecule has 0 heterocycles. The van der Waals surface area contributed by atoms with Crippen LogP contribution in [0.15, 0.2) is 12.1 Å². The van der Waals surface area contributed by atoms with Crippen molar-refractivity contribution in [1.82, 2.24) is 0 Å². The van der Waals surface area contributed by atoms with Gasteiger partial charge in [0.15, 0.2) is 30.7 Å². The molecule has 36 heavy (non-hydrogen) atoms. The Morgan fingerprint density at radius 2 is 0.917 bits per heavy atom. The summed E-state index contributed by atoms with van der Waals surface area (Å²) in [6.45, 7) is 34.9. The van der Waals surface area contributed by atoms with E-state index in [9.17, 15) is 5.26 Å². The van der Waals surface area contributed by atoms with Crippen LogP contribution >= 0.6 is 0 Å². The molecule has 0 aliphatic carbocycles. The fraction of sp³-hybridized carbons (Fsp3) is 0.750. The molecule has 5 nitrogen and oxygen atoms in total. The smallest absolute Gasteiger partial charge is 0.292 e. The molecule has 1 aromatic rings. The van der Waals surface area contributed by atoms with Crippen molar-refractivity contribution in [2.75, 3.05) is 0 Å². The van der Waals surface area contributed by atoms with E-state index in [1.807, 2.05) is 6.26 Å². The highest BCUT2D eigenvalue weighted by molar-refractivity contribution is 6.74. The Kier molecular flexibility index (Phi) is 10.5. The van der Waals surface area contributed by atoms with Crippen molar-refractivity contribution >= 4 is 25.0 Å². The molecular formula is C28H53NO4Si3. The van der Waals surface area contributed by atoms with Crippen molar-refractivity contribution in [2.45, 2.75) is 137 Å². The van der Waals surface area contributed by atoms with Crippen LogP contribution in [0.1, 0.15) is 79.0 Å². The lowest BCUT2D eigenvalue weighted by molar-refractivity contribution is 0.259. The number of hydrogen-bond acceptors (Lipinski definition) is 5. The van der Waals surface area contributed by atoms with Crippen molar-refractivity contribution < 1.29 is 18.0 Å². The van der Waals surface area contributed by atoms with E-state index in [1.165, 1.54) is 0 Å². The molecule has 1 rings (SSSR count). The molecule has 0 saturated heterocycles. The van der Waals surface area contributed by atoms with E-state index in [2.05, 4.69) is 114 Å². The molecular weight excluding hydrogens is 499 g/mol. The normalized spacial score (nSPS) is 14.1. The number of rotatable bonds is 10. The lowest BCUT2D eigenvalue weighted by Crippen LogP contribution is -2.41. The summed E-state index contributed by atoms with van der Waals surface area (Å²) in [5.74, 6) is 0.561. The third-order valence-electron chi connectivity index (χ3n) is 8.65. The van der Waals surface area contributed by atoms with Crippen LogP contribution in [0.5, 0.6) is 5.75 Å². The van der Waals surface area contributed by atoms with E-state index in [1.54, 1.807) is 0 Å². The Morgan fingerprint density at radius 1 is 0.611 bits per heavy atom. The minimum absolute atomic E-state index is 0.0839. The molecule has 0 aromatic heterocycles. The number of hydrogen-bond donors (Lipinski definition) is 0. The topological polar surface area (TPSA) is 60.7 Å². The predicted molar refractivity (Wildman–Crippen MR) is 159 cm³/mol. The Hall–Kier alpha value is -0.959. The van der Waals surface area contributed by atoms with Crippen molar-refractivity contribution in [3.05, 3.63) is 28.8 Å². The second kappa shape index (κ2) is 11.4. The first-order valence-corrected chi connectivity index (χ1v) is 21.8. The molecule has 0 N–H and O–H groups in total. The molecule has 206 valence electrons. The molecule has 1 aromatic carbocycles. The summed E-state index contributed by atoms with van der Waals surface area (Å²) in [6, 6.07) is 4.17. The van der Waals surface area contributed by atoms with Gasteiger partial charge < -0.3 is 18.0 Å². The van der Waals surface area contributed by atoms with Crippen LogP contribution < -0.4 is 4.74 Å². The zero-order chi connectivity index (χ0) is 28.4. The van der Waals surface area contributed by atoms with E-state index in [0.29, 0.717) is 25.6 Å². The second-order valence-corrected chi connectivity index (χ2v) is 29.0. The number of nitrogens with zero attached hydrogens (tertiary/aromatic N) is 1. The molecule has 0 atom stereocenters. The molecule has 0 radical (unpaired) electrons. The average molecular weight is 552 g/mol. The molecule has 0 aliphatic rings. The second-order valence-electron chi connectivity index (χ2n) is 14.6. The Balaban J connectivity index is 3.48. The van der Waals surface area contributed by atoms with E-state index >= 15 is 0 Å². The van der Waals surface area contributed by atoms with E-state index < -0.39 is 25.0 Å². The molecule has 0 bridgehead atoms. The van der Waals surface area contributed by atoms with E-state index in [0.717, 1.165) is 16.7 Å². The lowest BCUT2D eigenvalue weighted by atomic mass is 10.0. The minimum Gasteiger partial charge on any atom is -0.413 e. The number of ether oxygens (including phenoxy) is 1. The minimum atomic E-state index is -2.00. The predicted octanol–water partition coefficient (Wildman–Crippen LogP) is 9.11. The molecule has 0 spiro atoms. The van der Waals surface area contributed by atoms with Gasteiger partial charge in [-0.1, -0.05) is 62.3 Å². The van der Waals surface area contributed by atoms with Crippen molar-refractivity contribution in [2.24, 2.45) is 0 Å². The van der Waals surface area contributed by atoms with Crippen LogP contribution in [0.25, 0.3) is 0 Å². The van der Waals surface area contributed by atoms with Gasteiger partial charge in [-0.15, -0.1) is 5.26 Å². The van der Waals surface area contributed by atoms with Gasteiger partial charge in [-0.25, -0.2) is 0 Å². The fourth-order valence-corrected chi connectivity index (χ4v) is 5.59. The molecule has 0 aliphatic heterocycles. The number of benzene rings is 1. The average Bonchev–Trinajstić information content (AvgIpc) is 2.68. The standard InChI is InChI=1S/C28H53NO4Si3/c1-26(2,3)34(10,11)31-18-22-16-23(19-32-35(12,13)27(4,5)6)25(30-21-29)24(17-22)20-33-36(14,15)28(7,8)9/h16-17H,18-20H2,1-15H3. The maximum Gasteiger partial charge on any atom is 0.292 e. The maximum absolute atomic E-state index is 9.50. The molecule has 0 unspecified atom stereocenters. The van der Waals surface area contributed by atoms with Crippen LogP contribution in [0.4, 0.5) is 0 Å². The van der Waals surface area contributed by atoms with Crippen molar-refractivity contribution in [1.29, 1.82) is 5.26 Å². The molecule has 0 amide bonds. The first-order chi connectivity index (χ1) is 16.0. The summed E-state index contributed by atoms with van der Waals surface area (Å²) in [6.07, 6.45) is 1.90. The van der Waals surface area contributed by atoms with Gasteiger partial charge in [0.25, 0.3) is 6.26 Å². The van der Waals surface area contributed by atoms with Gasteiger partial charge in [0.1, 0.15) is 0 Å². The highest BCUT2D eigenvalue weighted by Gasteiger charge is 2.39. The van der Waals surface area contributed by atoms with Gasteiger partial charge in [-0.2, -0.15) is 0 Å². The van der Waals surface area contributed by atoms with Crippen LogP contribution in [-0.4, -0.2) is 25.0 Å². The lowest BCUT2D eigenvalue weighted by Gasteiger charge is -2.37. The first-order valence-electron chi connectivity index (χ1n) is 13.1. The van der Waals surface area contributed by atoms with Crippen molar-refractivity contribution in [3.8, 4) is 12.0 Å². The van der Waals surface area contributed by atoms with Gasteiger partial charge in [0, 0.05) is 11.1 Å².